The maximum atomic E-state index is 13.2. The van der Waals surface area contributed by atoms with Gasteiger partial charge in [-0.3, -0.25) is 4.79 Å². The molecule has 2 aromatic heterocycles. The van der Waals surface area contributed by atoms with Gasteiger partial charge in [-0.15, -0.1) is 0 Å². The van der Waals surface area contributed by atoms with Crippen molar-refractivity contribution in [2.45, 2.75) is 32.1 Å². The van der Waals surface area contributed by atoms with Crippen LogP contribution >= 0.6 is 0 Å². The number of para-hydroxylation sites is 1. The highest BCUT2D eigenvalue weighted by Gasteiger charge is 2.45. The third kappa shape index (κ3) is 2.23. The maximum Gasteiger partial charge on any atom is 0.343 e. The highest BCUT2D eigenvalue weighted by molar-refractivity contribution is 6.02. The van der Waals surface area contributed by atoms with Gasteiger partial charge in [0.05, 0.1) is 35.2 Å². The Labute approximate surface area is 164 Å². The molecule has 0 amide bonds. The highest BCUT2D eigenvalue weighted by Crippen LogP contribution is 2.39. The van der Waals surface area contributed by atoms with Crippen LogP contribution in [-0.4, -0.2) is 32.0 Å². The molecule has 146 valence electrons. The number of hydrogen-bond donors (Lipinski definition) is 2. The molecule has 0 bridgehead atoms. The van der Waals surface area contributed by atoms with Gasteiger partial charge < -0.3 is 19.6 Å². The van der Waals surface area contributed by atoms with Crippen molar-refractivity contribution < 1.29 is 19.8 Å². The molecule has 4 heterocycles. The van der Waals surface area contributed by atoms with E-state index in [0.29, 0.717) is 22.5 Å². The van der Waals surface area contributed by atoms with Gasteiger partial charge in [0, 0.05) is 22.1 Å². The molecule has 5 rings (SSSR count). The SMILES string of the molecule is CC[C@@]1(O)C(=O)OCc2c1cc1n(c2=O)Cc2c-1nc1ccccc1c2/C=N/O. The number of aromatic nitrogens is 2. The Kier molecular flexibility index (Phi) is 3.63. The number of rotatable bonds is 2. The first kappa shape index (κ1) is 17.6. The van der Waals surface area contributed by atoms with Gasteiger partial charge in [0.1, 0.15) is 6.61 Å². The first-order valence-electron chi connectivity index (χ1n) is 9.25. The van der Waals surface area contributed by atoms with Crippen LogP contribution < -0.4 is 5.56 Å². The number of esters is 1. The van der Waals surface area contributed by atoms with Crippen molar-refractivity contribution in [3.63, 3.8) is 0 Å². The lowest BCUT2D eigenvalue weighted by Gasteiger charge is -2.31. The summed E-state index contributed by atoms with van der Waals surface area (Å²) in [4.78, 5) is 30.2. The molecular weight excluding hydrogens is 374 g/mol. The van der Waals surface area contributed by atoms with Crippen LogP contribution in [0.3, 0.4) is 0 Å². The topological polar surface area (TPSA) is 114 Å². The summed E-state index contributed by atoms with van der Waals surface area (Å²) in [6.07, 6.45) is 1.43. The summed E-state index contributed by atoms with van der Waals surface area (Å²) in [6.45, 7) is 1.73. The lowest BCUT2D eigenvalue weighted by atomic mass is 9.86. The number of ether oxygens (including phenoxy) is 1. The number of pyridine rings is 2. The monoisotopic (exact) mass is 391 g/mol. The average molecular weight is 391 g/mol. The molecule has 0 aliphatic carbocycles. The van der Waals surface area contributed by atoms with Gasteiger partial charge in [0.15, 0.2) is 5.60 Å². The molecule has 2 aliphatic heterocycles. The fraction of sp³-hybridized carbons (Fsp3) is 0.238. The predicted octanol–water partition coefficient (Wildman–Crippen LogP) is 1.89. The van der Waals surface area contributed by atoms with E-state index in [9.17, 15) is 19.9 Å². The summed E-state index contributed by atoms with van der Waals surface area (Å²) in [5.41, 5.74) is 1.54. The predicted molar refractivity (Wildman–Crippen MR) is 104 cm³/mol. The number of hydrogen-bond acceptors (Lipinski definition) is 7. The van der Waals surface area contributed by atoms with E-state index in [2.05, 4.69) is 5.16 Å². The van der Waals surface area contributed by atoms with E-state index in [-0.39, 0.29) is 36.3 Å². The van der Waals surface area contributed by atoms with E-state index >= 15 is 0 Å². The van der Waals surface area contributed by atoms with Gasteiger partial charge in [0.25, 0.3) is 5.56 Å². The molecule has 2 N–H and O–H groups in total. The minimum atomic E-state index is -1.86. The lowest BCUT2D eigenvalue weighted by Crippen LogP contribution is -2.44. The second-order valence-electron chi connectivity index (χ2n) is 7.22. The van der Waals surface area contributed by atoms with Crippen LogP contribution in [-0.2, 0) is 28.3 Å². The summed E-state index contributed by atoms with van der Waals surface area (Å²) < 4.78 is 6.64. The zero-order chi connectivity index (χ0) is 20.3. The van der Waals surface area contributed by atoms with Gasteiger partial charge in [-0.2, -0.15) is 0 Å². The fourth-order valence-corrected chi connectivity index (χ4v) is 4.26. The first-order valence-corrected chi connectivity index (χ1v) is 9.25. The standard InChI is InChI=1S/C21H17N3O5/c1-2-21(27)15-7-17-18-13(9-24(17)19(25)14(15)10-29-20(21)26)12(8-22-28)11-5-3-4-6-16(11)23-18/h3-8,27-28H,2,9-10H2,1H3/b22-8+/t21-/m0/s1. The van der Waals surface area contributed by atoms with Crippen LogP contribution in [0, 0.1) is 0 Å². The molecule has 1 aromatic carbocycles. The van der Waals surface area contributed by atoms with Crippen molar-refractivity contribution >= 4 is 23.1 Å². The van der Waals surface area contributed by atoms with Gasteiger partial charge in [-0.05, 0) is 18.6 Å². The number of nitrogens with zero attached hydrogens (tertiary/aromatic N) is 3. The fourth-order valence-electron chi connectivity index (χ4n) is 4.26. The summed E-state index contributed by atoms with van der Waals surface area (Å²) >= 11 is 0. The Hall–Kier alpha value is -3.52. The molecular formula is C21H17N3O5. The van der Waals surface area contributed by atoms with Crippen molar-refractivity contribution in [2.75, 3.05) is 0 Å². The second kappa shape index (κ2) is 5.99. The molecule has 8 nitrogen and oxygen atoms in total. The lowest BCUT2D eigenvalue weighted by molar-refractivity contribution is -0.172. The van der Waals surface area contributed by atoms with Crippen molar-refractivity contribution in [1.29, 1.82) is 0 Å². The second-order valence-corrected chi connectivity index (χ2v) is 7.22. The molecule has 2 aliphatic rings. The summed E-state index contributed by atoms with van der Waals surface area (Å²) in [7, 11) is 0. The zero-order valence-electron chi connectivity index (χ0n) is 15.5. The van der Waals surface area contributed by atoms with Crippen LogP contribution in [0.2, 0.25) is 0 Å². The molecule has 0 unspecified atom stereocenters. The number of carbonyl (C=O) groups is 1. The van der Waals surface area contributed by atoms with E-state index in [4.69, 9.17) is 9.72 Å². The number of cyclic esters (lactones) is 1. The Balaban J connectivity index is 1.85. The minimum Gasteiger partial charge on any atom is -0.458 e. The Morgan fingerprint density at radius 3 is 2.86 bits per heavy atom. The van der Waals surface area contributed by atoms with E-state index in [1.54, 1.807) is 17.6 Å². The van der Waals surface area contributed by atoms with Gasteiger partial charge >= 0.3 is 5.97 Å². The summed E-state index contributed by atoms with van der Waals surface area (Å²) in [5, 5.41) is 24.1. The summed E-state index contributed by atoms with van der Waals surface area (Å²) in [5.74, 6) is -0.755. The minimum absolute atomic E-state index is 0.0855. The normalized spacial score (nSPS) is 19.9. The highest BCUT2D eigenvalue weighted by atomic mass is 16.6. The third-order valence-corrected chi connectivity index (χ3v) is 5.83. The van der Waals surface area contributed by atoms with E-state index in [1.165, 1.54) is 6.21 Å². The Morgan fingerprint density at radius 2 is 2.10 bits per heavy atom. The molecule has 29 heavy (non-hydrogen) atoms. The van der Waals surface area contributed by atoms with Crippen molar-refractivity contribution in [2.24, 2.45) is 5.16 Å². The number of fused-ring (bicyclic) bond motifs is 5. The van der Waals surface area contributed by atoms with Crippen LogP contribution in [0.4, 0.5) is 0 Å². The number of aliphatic hydroxyl groups is 1. The quantitative estimate of drug-likeness (QED) is 0.233. The molecule has 0 spiro atoms. The van der Waals surface area contributed by atoms with Gasteiger partial charge in [-0.1, -0.05) is 30.3 Å². The van der Waals surface area contributed by atoms with Crippen LogP contribution in [0.5, 0.6) is 0 Å². The third-order valence-electron chi connectivity index (χ3n) is 5.83. The van der Waals surface area contributed by atoms with Crippen molar-refractivity contribution in [3.05, 3.63) is 62.9 Å². The number of carbonyl (C=O) groups excluding carboxylic acids is 1. The number of oxime groups is 1. The van der Waals surface area contributed by atoms with E-state index in [0.717, 1.165) is 10.9 Å². The molecule has 0 saturated carbocycles. The van der Waals surface area contributed by atoms with E-state index < -0.39 is 11.6 Å². The van der Waals surface area contributed by atoms with Crippen molar-refractivity contribution in [1.82, 2.24) is 9.55 Å². The molecule has 8 heteroatoms. The van der Waals surface area contributed by atoms with Crippen LogP contribution in [0.1, 0.15) is 35.6 Å². The first-order chi connectivity index (χ1) is 14.0. The number of benzene rings is 1. The Bertz CT molecular complexity index is 1290. The van der Waals surface area contributed by atoms with Gasteiger partial charge in [0.2, 0.25) is 0 Å². The maximum absolute atomic E-state index is 13.2. The van der Waals surface area contributed by atoms with Crippen LogP contribution in [0.15, 0.2) is 40.3 Å². The van der Waals surface area contributed by atoms with Crippen LogP contribution in [0.25, 0.3) is 22.3 Å². The molecule has 0 fully saturated rings. The molecule has 3 aromatic rings. The smallest absolute Gasteiger partial charge is 0.343 e. The largest absolute Gasteiger partial charge is 0.458 e. The molecule has 1 atom stereocenters. The molecule has 0 radical (unpaired) electrons. The molecule has 0 saturated heterocycles. The van der Waals surface area contributed by atoms with E-state index in [1.807, 2.05) is 24.3 Å². The zero-order valence-corrected chi connectivity index (χ0v) is 15.5. The van der Waals surface area contributed by atoms with Crippen molar-refractivity contribution in [3.8, 4) is 11.4 Å². The summed E-state index contributed by atoms with van der Waals surface area (Å²) in [6, 6.07) is 9.08. The average Bonchev–Trinajstić information content (AvgIpc) is 3.10. The van der Waals surface area contributed by atoms with Gasteiger partial charge in [-0.25, -0.2) is 9.78 Å². The Morgan fingerprint density at radius 1 is 1.31 bits per heavy atom.